The van der Waals surface area contributed by atoms with Crippen LogP contribution in [0.3, 0.4) is 0 Å². The Morgan fingerprint density at radius 1 is 1.55 bits per heavy atom. The molecule has 0 saturated heterocycles. The van der Waals surface area contributed by atoms with Crippen molar-refractivity contribution in [3.05, 3.63) is 38.8 Å². The fourth-order valence-corrected chi connectivity index (χ4v) is 0.573. The third kappa shape index (κ3) is 1.34. The summed E-state index contributed by atoms with van der Waals surface area (Å²) in [7, 11) is 0. The molecule has 1 rings (SSSR count). The first kappa shape index (κ1) is 7.26. The smallest absolute Gasteiger partial charge is 0.289 e. The van der Waals surface area contributed by atoms with Crippen LogP contribution in [-0.4, -0.2) is 14.9 Å². The van der Waals surface area contributed by atoms with Crippen molar-refractivity contribution in [3.8, 4) is 0 Å². The predicted octanol–water partition coefficient (Wildman–Crippen LogP) is -0.00620. The van der Waals surface area contributed by atoms with Crippen molar-refractivity contribution in [2.24, 2.45) is 0 Å². The summed E-state index contributed by atoms with van der Waals surface area (Å²) < 4.78 is 0.165. The summed E-state index contributed by atoms with van der Waals surface area (Å²) in [6.07, 6.45) is 0.738. The Morgan fingerprint density at radius 3 is 2.64 bits per heavy atom. The van der Waals surface area contributed by atoms with Crippen LogP contribution in [0.4, 0.5) is 5.69 Å². The third-order valence-electron chi connectivity index (χ3n) is 1.09. The van der Waals surface area contributed by atoms with E-state index in [0.29, 0.717) is 0 Å². The van der Waals surface area contributed by atoms with Crippen molar-refractivity contribution < 1.29 is 10.1 Å². The standard InChI is InChI=1S/C5H4N2O4/c8-5-2-1-4(7(10)11)3-6(5)9/h1-3,9H. The maximum atomic E-state index is 10.5. The van der Waals surface area contributed by atoms with Crippen molar-refractivity contribution >= 4 is 5.69 Å². The molecule has 11 heavy (non-hydrogen) atoms. The van der Waals surface area contributed by atoms with Crippen molar-refractivity contribution in [2.45, 2.75) is 0 Å². The molecule has 0 spiro atoms. The topological polar surface area (TPSA) is 85.4 Å². The molecule has 0 amide bonds. The number of aromatic nitrogens is 1. The Kier molecular flexibility index (Phi) is 1.59. The van der Waals surface area contributed by atoms with E-state index in [9.17, 15) is 14.9 Å². The highest BCUT2D eigenvalue weighted by atomic mass is 16.6. The Balaban J connectivity index is 3.26. The lowest BCUT2D eigenvalue weighted by molar-refractivity contribution is -0.385. The van der Waals surface area contributed by atoms with Crippen molar-refractivity contribution in [2.75, 3.05) is 0 Å². The second kappa shape index (κ2) is 2.41. The molecule has 1 N–H and O–H groups in total. The van der Waals surface area contributed by atoms with Crippen LogP contribution in [0.1, 0.15) is 0 Å². The summed E-state index contributed by atoms with van der Waals surface area (Å²) >= 11 is 0. The average molecular weight is 156 g/mol. The second-order valence-electron chi connectivity index (χ2n) is 1.83. The molecule has 0 aliphatic heterocycles. The highest BCUT2D eigenvalue weighted by molar-refractivity contribution is 5.24. The van der Waals surface area contributed by atoms with Crippen molar-refractivity contribution in [1.82, 2.24) is 4.73 Å². The van der Waals surface area contributed by atoms with Gasteiger partial charge in [-0.2, -0.15) is 0 Å². The number of nitro groups is 1. The molecule has 0 saturated carbocycles. The molecule has 0 fully saturated rings. The quantitative estimate of drug-likeness (QED) is 0.352. The molecule has 6 heteroatoms. The minimum atomic E-state index is -0.702. The van der Waals surface area contributed by atoms with Crippen molar-refractivity contribution in [3.63, 3.8) is 0 Å². The summed E-state index contributed by atoms with van der Waals surface area (Å²) in [6, 6.07) is 1.94. The van der Waals surface area contributed by atoms with E-state index in [0.717, 1.165) is 18.3 Å². The molecule has 0 radical (unpaired) electrons. The Labute approximate surface area is 60.4 Å². The first-order valence-corrected chi connectivity index (χ1v) is 2.67. The van der Waals surface area contributed by atoms with Crippen LogP contribution in [0.2, 0.25) is 0 Å². The fourth-order valence-electron chi connectivity index (χ4n) is 0.573. The molecule has 1 aromatic heterocycles. The normalized spacial score (nSPS) is 9.45. The Hall–Kier alpha value is -1.85. The van der Waals surface area contributed by atoms with E-state index in [1.807, 2.05) is 0 Å². The monoisotopic (exact) mass is 156 g/mol. The molecule has 1 heterocycles. The zero-order chi connectivity index (χ0) is 8.43. The zero-order valence-corrected chi connectivity index (χ0v) is 5.30. The summed E-state index contributed by atoms with van der Waals surface area (Å²) in [5, 5.41) is 18.7. The number of nitrogens with zero attached hydrogens (tertiary/aromatic N) is 2. The number of hydrogen-bond acceptors (Lipinski definition) is 4. The number of hydrogen-bond donors (Lipinski definition) is 1. The van der Waals surface area contributed by atoms with Crippen LogP contribution in [0.25, 0.3) is 0 Å². The second-order valence-corrected chi connectivity index (χ2v) is 1.83. The maximum Gasteiger partial charge on any atom is 0.289 e. The molecule has 1 aromatic rings. The van der Waals surface area contributed by atoms with E-state index in [-0.39, 0.29) is 10.4 Å². The maximum absolute atomic E-state index is 10.5. The molecule has 58 valence electrons. The van der Waals surface area contributed by atoms with Gasteiger partial charge in [0, 0.05) is 12.1 Å². The lowest BCUT2D eigenvalue weighted by Crippen LogP contribution is -2.15. The molecule has 0 unspecified atom stereocenters. The molecule has 0 atom stereocenters. The van der Waals surface area contributed by atoms with Gasteiger partial charge >= 0.3 is 0 Å². The van der Waals surface area contributed by atoms with Crippen LogP contribution in [0, 0.1) is 10.1 Å². The average Bonchev–Trinajstić information content (AvgIpc) is 1.94. The summed E-state index contributed by atoms with van der Waals surface area (Å²) in [5.41, 5.74) is -1.03. The molecule has 0 bridgehead atoms. The van der Waals surface area contributed by atoms with Gasteiger partial charge in [0.2, 0.25) is 0 Å². The van der Waals surface area contributed by atoms with Gasteiger partial charge in [0.15, 0.2) is 0 Å². The van der Waals surface area contributed by atoms with E-state index < -0.39 is 10.5 Å². The van der Waals surface area contributed by atoms with Crippen molar-refractivity contribution in [1.29, 1.82) is 0 Å². The van der Waals surface area contributed by atoms with E-state index in [4.69, 9.17) is 5.21 Å². The first-order chi connectivity index (χ1) is 5.11. The minimum Gasteiger partial charge on any atom is -0.425 e. The SMILES string of the molecule is O=c1ccc([N+](=O)[O-])cn1O. The summed E-state index contributed by atoms with van der Waals surface area (Å²) in [5.74, 6) is 0. The Morgan fingerprint density at radius 2 is 2.18 bits per heavy atom. The summed E-state index contributed by atoms with van der Waals surface area (Å²) in [6.45, 7) is 0. The van der Waals surface area contributed by atoms with Gasteiger partial charge < -0.3 is 5.21 Å². The molecular formula is C5H4N2O4. The van der Waals surface area contributed by atoms with Crippen LogP contribution in [0.5, 0.6) is 0 Å². The van der Waals surface area contributed by atoms with E-state index in [1.165, 1.54) is 0 Å². The van der Waals surface area contributed by atoms with Crippen LogP contribution in [0.15, 0.2) is 23.1 Å². The van der Waals surface area contributed by atoms with Gasteiger partial charge in [-0.3, -0.25) is 14.9 Å². The third-order valence-corrected chi connectivity index (χ3v) is 1.09. The van der Waals surface area contributed by atoms with Crippen LogP contribution in [-0.2, 0) is 0 Å². The van der Waals surface area contributed by atoms with E-state index in [2.05, 4.69) is 0 Å². The van der Waals surface area contributed by atoms with Gasteiger partial charge in [-0.05, 0) is 0 Å². The van der Waals surface area contributed by atoms with Gasteiger partial charge in [0.25, 0.3) is 11.2 Å². The lowest BCUT2D eigenvalue weighted by atomic mass is 10.4. The van der Waals surface area contributed by atoms with Gasteiger partial charge in [-0.25, -0.2) is 0 Å². The highest BCUT2D eigenvalue weighted by Gasteiger charge is 2.05. The lowest BCUT2D eigenvalue weighted by Gasteiger charge is -1.92. The number of pyridine rings is 1. The number of rotatable bonds is 1. The van der Waals surface area contributed by atoms with Gasteiger partial charge in [0.05, 0.1) is 4.92 Å². The summed E-state index contributed by atoms with van der Waals surface area (Å²) in [4.78, 5) is 19.8. The Bertz CT molecular complexity index is 343. The van der Waals surface area contributed by atoms with Crippen LogP contribution < -0.4 is 5.56 Å². The van der Waals surface area contributed by atoms with Gasteiger partial charge in [0.1, 0.15) is 6.20 Å². The van der Waals surface area contributed by atoms with E-state index >= 15 is 0 Å². The molecule has 0 aromatic carbocycles. The molecule has 0 aliphatic rings. The zero-order valence-electron chi connectivity index (χ0n) is 5.30. The minimum absolute atomic E-state index is 0.165. The largest absolute Gasteiger partial charge is 0.425 e. The first-order valence-electron chi connectivity index (χ1n) is 2.67. The molecule has 6 nitrogen and oxygen atoms in total. The van der Waals surface area contributed by atoms with E-state index in [1.54, 1.807) is 0 Å². The van der Waals surface area contributed by atoms with Crippen LogP contribution >= 0.6 is 0 Å². The highest BCUT2D eigenvalue weighted by Crippen LogP contribution is 2.04. The van der Waals surface area contributed by atoms with Gasteiger partial charge in [-0.15, -0.1) is 4.73 Å². The predicted molar refractivity (Wildman–Crippen MR) is 34.5 cm³/mol. The molecule has 0 aliphatic carbocycles. The van der Waals surface area contributed by atoms with Gasteiger partial charge in [-0.1, -0.05) is 0 Å². The molecular weight excluding hydrogens is 152 g/mol. The fraction of sp³-hybridized carbons (Fsp3) is 0.